The van der Waals surface area contributed by atoms with E-state index in [-0.39, 0.29) is 5.41 Å². The number of aryl methyl sites for hydroxylation is 1. The summed E-state index contributed by atoms with van der Waals surface area (Å²) in [6, 6.07) is 11.1. The van der Waals surface area contributed by atoms with Gasteiger partial charge in [0, 0.05) is 16.8 Å². The monoisotopic (exact) mass is 259 g/mol. The van der Waals surface area contributed by atoms with Crippen LogP contribution in [0.3, 0.4) is 0 Å². The first-order chi connectivity index (χ1) is 8.53. The second kappa shape index (κ2) is 5.25. The Kier molecular flexibility index (Phi) is 3.88. The zero-order chi connectivity index (χ0) is 13.2. The van der Waals surface area contributed by atoms with E-state index < -0.39 is 0 Å². The van der Waals surface area contributed by atoms with Crippen LogP contribution in [0.2, 0.25) is 0 Å². The number of benzene rings is 1. The van der Waals surface area contributed by atoms with Crippen molar-refractivity contribution in [2.75, 3.05) is 13.6 Å². The molecule has 1 aromatic carbocycles. The Morgan fingerprint density at radius 2 is 1.83 bits per heavy atom. The van der Waals surface area contributed by atoms with E-state index in [1.165, 1.54) is 21.6 Å². The lowest BCUT2D eigenvalue weighted by atomic mass is 9.86. The maximum atomic E-state index is 3.27. The molecule has 1 nitrogen and oxygen atoms in total. The minimum Gasteiger partial charge on any atom is -0.319 e. The van der Waals surface area contributed by atoms with Crippen molar-refractivity contribution in [3.8, 4) is 10.4 Å². The largest absolute Gasteiger partial charge is 0.319 e. The van der Waals surface area contributed by atoms with Crippen LogP contribution >= 0.6 is 11.3 Å². The number of hydrogen-bond acceptors (Lipinski definition) is 2. The molecule has 0 aliphatic rings. The van der Waals surface area contributed by atoms with Gasteiger partial charge in [-0.15, -0.1) is 11.3 Å². The molecule has 1 heterocycles. The third kappa shape index (κ3) is 2.82. The molecule has 0 aliphatic carbocycles. The smallest absolute Gasteiger partial charge is 0.0345 e. The van der Waals surface area contributed by atoms with Crippen LogP contribution in [-0.2, 0) is 5.41 Å². The average Bonchev–Trinajstić information content (AvgIpc) is 2.80. The van der Waals surface area contributed by atoms with E-state index in [2.05, 4.69) is 61.8 Å². The van der Waals surface area contributed by atoms with E-state index in [0.29, 0.717) is 0 Å². The summed E-state index contributed by atoms with van der Waals surface area (Å²) in [5.74, 6) is 0. The van der Waals surface area contributed by atoms with Crippen molar-refractivity contribution in [2.24, 2.45) is 0 Å². The second-order valence-electron chi connectivity index (χ2n) is 5.48. The van der Waals surface area contributed by atoms with Gasteiger partial charge in [0.15, 0.2) is 0 Å². The number of likely N-dealkylation sites (N-methyl/N-ethyl adjacent to an activating group) is 1. The van der Waals surface area contributed by atoms with Crippen molar-refractivity contribution in [1.82, 2.24) is 5.32 Å². The lowest BCUT2D eigenvalue weighted by Crippen LogP contribution is -2.30. The fourth-order valence-corrected chi connectivity index (χ4v) is 3.21. The van der Waals surface area contributed by atoms with Gasteiger partial charge in [-0.3, -0.25) is 0 Å². The van der Waals surface area contributed by atoms with E-state index in [1.807, 2.05) is 18.4 Å². The molecule has 0 bridgehead atoms. The number of rotatable bonds is 4. The summed E-state index contributed by atoms with van der Waals surface area (Å²) in [5, 5.41) is 5.55. The molecule has 0 spiro atoms. The third-order valence-electron chi connectivity index (χ3n) is 3.34. The summed E-state index contributed by atoms with van der Waals surface area (Å²) in [6.07, 6.45) is 0. The molecule has 0 radical (unpaired) electrons. The van der Waals surface area contributed by atoms with Gasteiger partial charge >= 0.3 is 0 Å². The molecule has 0 aliphatic heterocycles. The first-order valence-corrected chi connectivity index (χ1v) is 7.21. The van der Waals surface area contributed by atoms with Crippen molar-refractivity contribution in [2.45, 2.75) is 26.2 Å². The molecule has 0 atom stereocenters. The summed E-state index contributed by atoms with van der Waals surface area (Å²) in [4.78, 5) is 1.36. The van der Waals surface area contributed by atoms with Gasteiger partial charge in [-0.2, -0.15) is 0 Å². The Morgan fingerprint density at radius 1 is 1.17 bits per heavy atom. The van der Waals surface area contributed by atoms with Crippen LogP contribution in [0.4, 0.5) is 0 Å². The first-order valence-electron chi connectivity index (χ1n) is 6.33. The van der Waals surface area contributed by atoms with E-state index in [9.17, 15) is 0 Å². The standard InChI is InChI=1S/C16H21NS/c1-12-5-7-13(8-6-12)15-9-14(10-18-15)16(2,3)11-17-4/h5-10,17H,11H2,1-4H3. The maximum Gasteiger partial charge on any atom is 0.0345 e. The van der Waals surface area contributed by atoms with Crippen molar-refractivity contribution in [1.29, 1.82) is 0 Å². The van der Waals surface area contributed by atoms with Gasteiger partial charge in [0.1, 0.15) is 0 Å². The van der Waals surface area contributed by atoms with E-state index in [1.54, 1.807) is 0 Å². The predicted octanol–water partition coefficient (Wildman–Crippen LogP) is 4.22. The average molecular weight is 259 g/mol. The van der Waals surface area contributed by atoms with Gasteiger partial charge < -0.3 is 5.32 Å². The van der Waals surface area contributed by atoms with Crippen molar-refractivity contribution >= 4 is 11.3 Å². The molecular weight excluding hydrogens is 238 g/mol. The lowest BCUT2D eigenvalue weighted by molar-refractivity contribution is 0.496. The molecular formula is C16H21NS. The highest BCUT2D eigenvalue weighted by molar-refractivity contribution is 7.13. The summed E-state index contributed by atoms with van der Waals surface area (Å²) >= 11 is 1.83. The third-order valence-corrected chi connectivity index (χ3v) is 4.32. The molecule has 0 saturated carbocycles. The van der Waals surface area contributed by atoms with E-state index in [0.717, 1.165) is 6.54 Å². The summed E-state index contributed by atoms with van der Waals surface area (Å²) < 4.78 is 0. The molecule has 0 saturated heterocycles. The molecule has 1 N–H and O–H groups in total. The van der Waals surface area contributed by atoms with Crippen molar-refractivity contribution in [3.63, 3.8) is 0 Å². The van der Waals surface area contributed by atoms with E-state index in [4.69, 9.17) is 0 Å². The van der Waals surface area contributed by atoms with Crippen LogP contribution in [0.25, 0.3) is 10.4 Å². The summed E-state index contributed by atoms with van der Waals surface area (Å²) in [5.41, 5.74) is 4.23. The number of hydrogen-bond donors (Lipinski definition) is 1. The van der Waals surface area contributed by atoms with Gasteiger partial charge in [-0.05, 0) is 36.5 Å². The highest BCUT2D eigenvalue weighted by Crippen LogP contribution is 2.33. The Morgan fingerprint density at radius 3 is 2.44 bits per heavy atom. The van der Waals surface area contributed by atoms with Crippen LogP contribution < -0.4 is 5.32 Å². The Hall–Kier alpha value is -1.12. The molecule has 2 aromatic rings. The number of thiophene rings is 1. The minimum absolute atomic E-state index is 0.189. The zero-order valence-electron chi connectivity index (χ0n) is 11.6. The van der Waals surface area contributed by atoms with Crippen LogP contribution in [-0.4, -0.2) is 13.6 Å². The van der Waals surface area contributed by atoms with Gasteiger partial charge in [0.2, 0.25) is 0 Å². The molecule has 0 unspecified atom stereocenters. The van der Waals surface area contributed by atoms with Crippen LogP contribution in [0.1, 0.15) is 25.0 Å². The highest BCUT2D eigenvalue weighted by Gasteiger charge is 2.21. The highest BCUT2D eigenvalue weighted by atomic mass is 32.1. The molecule has 2 heteroatoms. The minimum atomic E-state index is 0.189. The lowest BCUT2D eigenvalue weighted by Gasteiger charge is -2.23. The maximum absolute atomic E-state index is 3.27. The van der Waals surface area contributed by atoms with Crippen LogP contribution in [0, 0.1) is 6.92 Å². The second-order valence-corrected chi connectivity index (χ2v) is 6.39. The van der Waals surface area contributed by atoms with E-state index >= 15 is 0 Å². The fraction of sp³-hybridized carbons (Fsp3) is 0.375. The van der Waals surface area contributed by atoms with Gasteiger partial charge in [0.25, 0.3) is 0 Å². The van der Waals surface area contributed by atoms with Crippen molar-refractivity contribution in [3.05, 3.63) is 46.8 Å². The first kappa shape index (κ1) is 13.3. The normalized spacial score (nSPS) is 11.8. The SMILES string of the molecule is CNCC(C)(C)c1csc(-c2ccc(C)cc2)c1. The molecule has 0 fully saturated rings. The molecule has 1 aromatic heterocycles. The van der Waals surface area contributed by atoms with Gasteiger partial charge in [0.05, 0.1) is 0 Å². The zero-order valence-corrected chi connectivity index (χ0v) is 12.4. The summed E-state index contributed by atoms with van der Waals surface area (Å²) in [7, 11) is 2.01. The molecule has 96 valence electrons. The topological polar surface area (TPSA) is 12.0 Å². The quantitative estimate of drug-likeness (QED) is 0.867. The Bertz CT molecular complexity index is 508. The number of nitrogens with one attached hydrogen (secondary N) is 1. The van der Waals surface area contributed by atoms with Crippen molar-refractivity contribution < 1.29 is 0 Å². The predicted molar refractivity (Wildman–Crippen MR) is 81.4 cm³/mol. The Balaban J connectivity index is 2.28. The molecule has 0 amide bonds. The van der Waals surface area contributed by atoms with Gasteiger partial charge in [-0.1, -0.05) is 43.7 Å². The van der Waals surface area contributed by atoms with Crippen LogP contribution in [0.5, 0.6) is 0 Å². The van der Waals surface area contributed by atoms with Gasteiger partial charge in [-0.25, -0.2) is 0 Å². The molecule has 2 rings (SSSR count). The summed E-state index contributed by atoms with van der Waals surface area (Å²) in [6.45, 7) is 7.69. The van der Waals surface area contributed by atoms with Crippen LogP contribution in [0.15, 0.2) is 35.7 Å². The fourth-order valence-electron chi connectivity index (χ4n) is 2.10. The Labute approximate surface area is 114 Å². The molecule has 18 heavy (non-hydrogen) atoms.